The van der Waals surface area contributed by atoms with Gasteiger partial charge in [-0.15, -0.1) is 0 Å². The van der Waals surface area contributed by atoms with E-state index in [4.69, 9.17) is 4.74 Å². The third-order valence-electron chi connectivity index (χ3n) is 5.37. The first-order chi connectivity index (χ1) is 11.3. The number of hydrogen-bond acceptors (Lipinski definition) is 6. The van der Waals surface area contributed by atoms with E-state index in [9.17, 15) is 8.42 Å². The average molecular weight is 362 g/mol. The Bertz CT molecular complexity index is 469. The molecule has 0 spiro atoms. The lowest BCUT2D eigenvalue weighted by molar-refractivity contribution is -0.0510. The summed E-state index contributed by atoms with van der Waals surface area (Å²) in [4.78, 5) is 7.07. The van der Waals surface area contributed by atoms with Crippen LogP contribution >= 0.6 is 0 Å². The van der Waals surface area contributed by atoms with E-state index in [0.717, 1.165) is 39.1 Å². The molecule has 2 heterocycles. The van der Waals surface area contributed by atoms with Crippen molar-refractivity contribution < 1.29 is 13.2 Å². The van der Waals surface area contributed by atoms with Crippen molar-refractivity contribution in [3.8, 4) is 0 Å². The Hall–Kier alpha value is -0.210. The third-order valence-corrected chi connectivity index (χ3v) is 6.98. The van der Waals surface area contributed by atoms with Crippen LogP contribution in [0.5, 0.6) is 0 Å². The number of morpholine rings is 1. The van der Waals surface area contributed by atoms with Crippen LogP contribution < -0.4 is 0 Å². The number of rotatable bonds is 7. The van der Waals surface area contributed by atoms with Crippen LogP contribution in [-0.4, -0.2) is 106 Å². The van der Waals surface area contributed by atoms with Crippen LogP contribution in [0.2, 0.25) is 0 Å². The molecule has 3 atom stereocenters. The first kappa shape index (κ1) is 20.1. The molecule has 3 unspecified atom stereocenters. The topological polar surface area (TPSA) is 53.1 Å². The van der Waals surface area contributed by atoms with Gasteiger partial charge in [0.2, 0.25) is 0 Å². The van der Waals surface area contributed by atoms with Crippen LogP contribution in [0.15, 0.2) is 0 Å². The molecule has 24 heavy (non-hydrogen) atoms. The Morgan fingerprint density at radius 3 is 2.21 bits per heavy atom. The summed E-state index contributed by atoms with van der Waals surface area (Å²) >= 11 is 0. The van der Waals surface area contributed by atoms with Crippen LogP contribution in [-0.2, 0) is 14.6 Å². The zero-order valence-electron chi connectivity index (χ0n) is 15.8. The molecule has 6 nitrogen and oxygen atoms in total. The standard InChI is InChI=1S/C17H35N3O3S/c1-15(19-8-11-24(21,22)12-9-19)5-6-16(2)20-7-10-23-17(14-20)13-18(3)4/h15-17H,5-14H2,1-4H3. The van der Waals surface area contributed by atoms with Gasteiger partial charge in [-0.1, -0.05) is 0 Å². The molecule has 0 aliphatic carbocycles. The number of hydrogen-bond donors (Lipinski definition) is 0. The molecule has 2 aliphatic rings. The van der Waals surface area contributed by atoms with E-state index in [1.165, 1.54) is 0 Å². The Kier molecular flexibility index (Phi) is 7.49. The van der Waals surface area contributed by atoms with E-state index in [1.807, 2.05) is 0 Å². The van der Waals surface area contributed by atoms with Gasteiger partial charge < -0.3 is 9.64 Å². The number of sulfone groups is 1. The van der Waals surface area contributed by atoms with E-state index in [0.29, 0.717) is 42.8 Å². The number of likely N-dealkylation sites (N-methyl/N-ethyl adjacent to an activating group) is 1. The third kappa shape index (κ3) is 6.26. The lowest BCUT2D eigenvalue weighted by Crippen LogP contribution is -2.50. The highest BCUT2D eigenvalue weighted by molar-refractivity contribution is 7.91. The molecule has 0 aromatic rings. The molecule has 2 fully saturated rings. The van der Waals surface area contributed by atoms with Crippen LogP contribution in [0.25, 0.3) is 0 Å². The minimum atomic E-state index is -2.78. The zero-order chi connectivity index (χ0) is 17.7. The monoisotopic (exact) mass is 361 g/mol. The maximum atomic E-state index is 11.5. The summed E-state index contributed by atoms with van der Waals surface area (Å²) in [5, 5.41) is 0. The van der Waals surface area contributed by atoms with Crippen molar-refractivity contribution >= 4 is 9.84 Å². The molecule has 7 heteroatoms. The number of ether oxygens (including phenoxy) is 1. The Balaban J connectivity index is 1.73. The van der Waals surface area contributed by atoms with Crippen LogP contribution in [0.3, 0.4) is 0 Å². The molecule has 0 radical (unpaired) electrons. The highest BCUT2D eigenvalue weighted by atomic mass is 32.2. The summed E-state index contributed by atoms with van der Waals surface area (Å²) in [5.74, 6) is 0.644. The normalized spacial score (nSPS) is 28.8. The summed E-state index contributed by atoms with van der Waals surface area (Å²) in [6.07, 6.45) is 2.58. The molecule has 0 N–H and O–H groups in total. The summed E-state index contributed by atoms with van der Waals surface area (Å²) in [6.45, 7) is 9.76. The molecular formula is C17H35N3O3S. The molecule has 2 saturated heterocycles. The minimum Gasteiger partial charge on any atom is -0.374 e. The summed E-state index contributed by atoms with van der Waals surface area (Å²) in [7, 11) is 1.40. The number of nitrogens with zero attached hydrogens (tertiary/aromatic N) is 3. The van der Waals surface area contributed by atoms with Crippen molar-refractivity contribution in [1.29, 1.82) is 0 Å². The Morgan fingerprint density at radius 1 is 1.04 bits per heavy atom. The van der Waals surface area contributed by atoms with Gasteiger partial charge in [0.05, 0.1) is 24.2 Å². The van der Waals surface area contributed by atoms with Gasteiger partial charge in [-0.2, -0.15) is 0 Å². The van der Waals surface area contributed by atoms with Crippen molar-refractivity contribution in [3.05, 3.63) is 0 Å². The van der Waals surface area contributed by atoms with E-state index >= 15 is 0 Å². The molecule has 2 aliphatic heterocycles. The Labute approximate surface area is 148 Å². The van der Waals surface area contributed by atoms with Crippen molar-refractivity contribution in [3.63, 3.8) is 0 Å². The van der Waals surface area contributed by atoms with E-state index < -0.39 is 9.84 Å². The van der Waals surface area contributed by atoms with Crippen LogP contribution in [0.4, 0.5) is 0 Å². The van der Waals surface area contributed by atoms with Crippen LogP contribution in [0, 0.1) is 0 Å². The van der Waals surface area contributed by atoms with Crippen LogP contribution in [0.1, 0.15) is 26.7 Å². The van der Waals surface area contributed by atoms with E-state index in [1.54, 1.807) is 0 Å². The molecule has 0 amide bonds. The summed E-state index contributed by atoms with van der Waals surface area (Å²) in [5.41, 5.74) is 0. The molecule has 2 rings (SSSR count). The quantitative estimate of drug-likeness (QED) is 0.660. The van der Waals surface area contributed by atoms with E-state index in [-0.39, 0.29) is 0 Å². The van der Waals surface area contributed by atoms with Crippen molar-refractivity contribution in [1.82, 2.24) is 14.7 Å². The first-order valence-electron chi connectivity index (χ1n) is 9.21. The van der Waals surface area contributed by atoms with Gasteiger partial charge in [-0.05, 0) is 40.8 Å². The van der Waals surface area contributed by atoms with Gasteiger partial charge in [-0.25, -0.2) is 8.42 Å². The predicted molar refractivity (Wildman–Crippen MR) is 98.3 cm³/mol. The van der Waals surface area contributed by atoms with Gasteiger partial charge in [0.1, 0.15) is 0 Å². The van der Waals surface area contributed by atoms with Crippen molar-refractivity contribution in [2.75, 3.05) is 64.9 Å². The fraction of sp³-hybridized carbons (Fsp3) is 1.00. The lowest BCUT2D eigenvalue weighted by Gasteiger charge is -2.39. The van der Waals surface area contributed by atoms with E-state index in [2.05, 4.69) is 42.6 Å². The molecule has 0 aromatic carbocycles. The second kappa shape index (κ2) is 8.94. The second-order valence-corrected chi connectivity index (χ2v) is 10.0. The average Bonchev–Trinajstić information content (AvgIpc) is 2.52. The van der Waals surface area contributed by atoms with Gasteiger partial charge in [0, 0.05) is 44.8 Å². The largest absolute Gasteiger partial charge is 0.374 e. The highest BCUT2D eigenvalue weighted by Gasteiger charge is 2.27. The molecule has 0 aromatic heterocycles. The smallest absolute Gasteiger partial charge is 0.152 e. The van der Waals surface area contributed by atoms with Gasteiger partial charge >= 0.3 is 0 Å². The fourth-order valence-corrected chi connectivity index (χ4v) is 4.90. The first-order valence-corrected chi connectivity index (χ1v) is 11.0. The minimum absolute atomic E-state index is 0.306. The molecule has 142 valence electrons. The maximum Gasteiger partial charge on any atom is 0.152 e. The summed E-state index contributed by atoms with van der Waals surface area (Å²) in [6, 6.07) is 1.01. The Morgan fingerprint density at radius 2 is 1.62 bits per heavy atom. The molecule has 0 bridgehead atoms. The van der Waals surface area contributed by atoms with Crippen molar-refractivity contribution in [2.45, 2.75) is 44.9 Å². The van der Waals surface area contributed by atoms with Gasteiger partial charge in [-0.3, -0.25) is 9.80 Å². The lowest BCUT2D eigenvalue weighted by atomic mass is 10.0. The molecular weight excluding hydrogens is 326 g/mol. The summed E-state index contributed by atoms with van der Waals surface area (Å²) < 4.78 is 29.0. The zero-order valence-corrected chi connectivity index (χ0v) is 16.6. The predicted octanol–water partition coefficient (Wildman–Crippen LogP) is 0.536. The fourth-order valence-electron chi connectivity index (χ4n) is 3.68. The SMILES string of the molecule is CC(CCC(C)N1CCOC(CN(C)C)C1)N1CCS(=O)(=O)CC1. The van der Waals surface area contributed by atoms with Gasteiger partial charge in [0.25, 0.3) is 0 Å². The maximum absolute atomic E-state index is 11.5. The second-order valence-electron chi connectivity index (χ2n) is 7.71. The molecule has 0 saturated carbocycles. The highest BCUT2D eigenvalue weighted by Crippen LogP contribution is 2.17. The van der Waals surface area contributed by atoms with Crippen molar-refractivity contribution in [2.24, 2.45) is 0 Å². The van der Waals surface area contributed by atoms with Gasteiger partial charge in [0.15, 0.2) is 9.84 Å².